The molecule has 2 aromatic rings. The molecule has 8 heteroatoms. The molecule has 1 aliphatic rings. The Morgan fingerprint density at radius 2 is 2.11 bits per heavy atom. The fraction of sp³-hybridized carbons (Fsp3) is 0.526. The minimum Gasteiger partial charge on any atom is -0.444 e. The van der Waals surface area contributed by atoms with Gasteiger partial charge < -0.3 is 19.9 Å². The zero-order chi connectivity index (χ0) is 19.6. The Morgan fingerprint density at radius 3 is 2.59 bits per heavy atom. The van der Waals surface area contributed by atoms with Crippen LogP contribution in [0.2, 0.25) is 0 Å². The number of aryl methyl sites for hydroxylation is 1. The van der Waals surface area contributed by atoms with Crippen LogP contribution in [0.25, 0.3) is 0 Å². The van der Waals surface area contributed by atoms with Crippen LogP contribution in [0.5, 0.6) is 0 Å². The highest BCUT2D eigenvalue weighted by atomic mass is 32.1. The Kier molecular flexibility index (Phi) is 5.67. The summed E-state index contributed by atoms with van der Waals surface area (Å²) in [5.41, 5.74) is 4.41. The molecule has 27 heavy (non-hydrogen) atoms. The van der Waals surface area contributed by atoms with Crippen molar-refractivity contribution in [3.63, 3.8) is 0 Å². The predicted molar refractivity (Wildman–Crippen MR) is 101 cm³/mol. The van der Waals surface area contributed by atoms with Gasteiger partial charge >= 0.3 is 5.97 Å². The lowest BCUT2D eigenvalue weighted by molar-refractivity contribution is -0.142. The van der Waals surface area contributed by atoms with E-state index in [2.05, 4.69) is 41.7 Å². The summed E-state index contributed by atoms with van der Waals surface area (Å²) in [5.74, 6) is -0.416. The summed E-state index contributed by atoms with van der Waals surface area (Å²) in [4.78, 5) is 28.1. The van der Waals surface area contributed by atoms with Crippen molar-refractivity contribution in [2.24, 2.45) is 11.7 Å². The number of rotatable bonds is 6. The highest BCUT2D eigenvalue weighted by Gasteiger charge is 2.46. The van der Waals surface area contributed by atoms with Gasteiger partial charge in [-0.15, -0.1) is 11.3 Å². The minimum absolute atomic E-state index is 0.0556. The van der Waals surface area contributed by atoms with Crippen molar-refractivity contribution in [1.82, 2.24) is 10.1 Å². The van der Waals surface area contributed by atoms with Gasteiger partial charge in [-0.1, -0.05) is 11.2 Å². The smallest absolute Gasteiger partial charge is 0.361 e. The lowest BCUT2D eigenvalue weighted by Crippen LogP contribution is -2.51. The van der Waals surface area contributed by atoms with Gasteiger partial charge in [0.25, 0.3) is 5.91 Å². The Morgan fingerprint density at radius 1 is 1.41 bits per heavy atom. The van der Waals surface area contributed by atoms with E-state index in [4.69, 9.17) is 15.0 Å². The molecule has 7 nitrogen and oxygen atoms in total. The largest absolute Gasteiger partial charge is 0.444 e. The van der Waals surface area contributed by atoms with Crippen molar-refractivity contribution in [2.75, 3.05) is 14.1 Å². The van der Waals surface area contributed by atoms with Crippen LogP contribution in [0.4, 0.5) is 0 Å². The molecule has 1 amide bonds. The van der Waals surface area contributed by atoms with Crippen LogP contribution in [0.15, 0.2) is 28.1 Å². The summed E-state index contributed by atoms with van der Waals surface area (Å²) < 4.78 is 10.5. The molecular weight excluding hydrogens is 366 g/mol. The summed E-state index contributed by atoms with van der Waals surface area (Å²) in [5, 5.41) is 5.74. The molecule has 1 saturated carbocycles. The van der Waals surface area contributed by atoms with Crippen molar-refractivity contribution in [1.29, 1.82) is 0 Å². The third-order valence-corrected chi connectivity index (χ3v) is 6.19. The standard InChI is InChI=1S/C19H25N3O4S/c1-12-11-14(21-26-12)17(23)25-19(18(20)24)8-6-13(7-9-19)16(22(2)3)15-5-4-10-27-15/h4-5,10-11,13,16H,6-9H2,1-3H3,(H2,20,24). The van der Waals surface area contributed by atoms with E-state index in [1.165, 1.54) is 10.9 Å². The summed E-state index contributed by atoms with van der Waals surface area (Å²) in [7, 11) is 4.13. The molecule has 146 valence electrons. The lowest BCUT2D eigenvalue weighted by atomic mass is 9.74. The van der Waals surface area contributed by atoms with Crippen LogP contribution < -0.4 is 5.73 Å². The average molecular weight is 391 g/mol. The number of hydrogen-bond acceptors (Lipinski definition) is 7. The zero-order valence-electron chi connectivity index (χ0n) is 15.8. The second kappa shape index (κ2) is 7.82. The van der Waals surface area contributed by atoms with Gasteiger partial charge in [0.2, 0.25) is 0 Å². The Bertz CT molecular complexity index is 792. The van der Waals surface area contributed by atoms with Crippen LogP contribution in [0, 0.1) is 12.8 Å². The second-order valence-electron chi connectivity index (χ2n) is 7.33. The molecule has 0 radical (unpaired) electrons. The van der Waals surface area contributed by atoms with E-state index in [1.54, 1.807) is 18.3 Å². The van der Waals surface area contributed by atoms with Gasteiger partial charge in [-0.05, 0) is 64.1 Å². The second-order valence-corrected chi connectivity index (χ2v) is 8.31. The Balaban J connectivity index is 1.73. The maximum Gasteiger partial charge on any atom is 0.361 e. The molecule has 0 spiro atoms. The topological polar surface area (TPSA) is 98.7 Å². The number of thiophene rings is 1. The Labute approximate surface area is 162 Å². The number of carbonyl (C=O) groups excluding carboxylic acids is 2. The first-order valence-electron chi connectivity index (χ1n) is 8.99. The number of amides is 1. The van der Waals surface area contributed by atoms with E-state index in [0.29, 0.717) is 24.5 Å². The maximum absolute atomic E-state index is 12.4. The third-order valence-electron chi connectivity index (χ3n) is 5.25. The minimum atomic E-state index is -1.28. The average Bonchev–Trinajstić information content (AvgIpc) is 3.28. The van der Waals surface area contributed by atoms with Gasteiger partial charge in [-0.2, -0.15) is 0 Å². The van der Waals surface area contributed by atoms with E-state index in [0.717, 1.165) is 12.8 Å². The van der Waals surface area contributed by atoms with Gasteiger partial charge in [0.15, 0.2) is 11.3 Å². The highest BCUT2D eigenvalue weighted by Crippen LogP contribution is 2.43. The number of nitrogens with two attached hydrogens (primary N) is 1. The molecule has 0 aliphatic heterocycles. The van der Waals surface area contributed by atoms with Crippen molar-refractivity contribution >= 4 is 23.2 Å². The number of carbonyl (C=O) groups is 2. The van der Waals surface area contributed by atoms with Crippen molar-refractivity contribution < 1.29 is 18.8 Å². The number of ether oxygens (including phenoxy) is 1. The fourth-order valence-corrected chi connectivity index (χ4v) is 4.90. The van der Waals surface area contributed by atoms with Crippen LogP contribution >= 0.6 is 11.3 Å². The Hall–Kier alpha value is -2.19. The fourth-order valence-electron chi connectivity index (χ4n) is 3.88. The predicted octanol–water partition coefficient (Wildman–Crippen LogP) is 2.92. The van der Waals surface area contributed by atoms with Crippen LogP contribution in [0.3, 0.4) is 0 Å². The number of aromatic nitrogens is 1. The monoisotopic (exact) mass is 391 g/mol. The van der Waals surface area contributed by atoms with E-state index in [-0.39, 0.29) is 11.7 Å². The summed E-state index contributed by atoms with van der Waals surface area (Å²) >= 11 is 1.73. The number of hydrogen-bond donors (Lipinski definition) is 1. The van der Waals surface area contributed by atoms with Gasteiger partial charge in [0, 0.05) is 17.0 Å². The quantitative estimate of drug-likeness (QED) is 0.760. The molecule has 1 atom stereocenters. The molecule has 1 unspecified atom stereocenters. The van der Waals surface area contributed by atoms with Gasteiger partial charge in [-0.25, -0.2) is 4.79 Å². The van der Waals surface area contributed by atoms with Gasteiger partial charge in [0.1, 0.15) is 5.76 Å². The molecule has 2 aromatic heterocycles. The summed E-state index contributed by atoms with van der Waals surface area (Å²) in [6.45, 7) is 1.69. The van der Waals surface area contributed by atoms with E-state index in [1.807, 2.05) is 0 Å². The summed E-state index contributed by atoms with van der Waals surface area (Å²) in [6, 6.07) is 5.94. The van der Waals surface area contributed by atoms with Crippen LogP contribution in [-0.4, -0.2) is 41.6 Å². The first-order valence-corrected chi connectivity index (χ1v) is 9.87. The molecule has 0 saturated heterocycles. The zero-order valence-corrected chi connectivity index (χ0v) is 16.6. The molecule has 0 aromatic carbocycles. The number of esters is 1. The molecule has 1 aliphatic carbocycles. The van der Waals surface area contributed by atoms with Gasteiger partial charge in [-0.3, -0.25) is 4.79 Å². The lowest BCUT2D eigenvalue weighted by Gasteiger charge is -2.41. The number of primary amides is 1. The van der Waals surface area contributed by atoms with E-state index >= 15 is 0 Å². The summed E-state index contributed by atoms with van der Waals surface area (Å²) in [6.07, 6.45) is 2.31. The molecule has 1 fully saturated rings. The first-order chi connectivity index (χ1) is 12.8. The van der Waals surface area contributed by atoms with Crippen molar-refractivity contribution in [3.8, 4) is 0 Å². The number of nitrogens with zero attached hydrogens (tertiary/aromatic N) is 2. The molecule has 0 bridgehead atoms. The van der Waals surface area contributed by atoms with Crippen molar-refractivity contribution in [2.45, 2.75) is 44.2 Å². The first kappa shape index (κ1) is 19.6. The SMILES string of the molecule is Cc1cc(C(=O)OC2(C(N)=O)CCC(C(c3cccs3)N(C)C)CC2)no1. The molecule has 2 N–H and O–H groups in total. The maximum atomic E-state index is 12.4. The molecule has 2 heterocycles. The molecular formula is C19H25N3O4S. The van der Waals surface area contributed by atoms with E-state index < -0.39 is 17.5 Å². The highest BCUT2D eigenvalue weighted by molar-refractivity contribution is 7.10. The van der Waals surface area contributed by atoms with Crippen LogP contribution in [0.1, 0.15) is 52.9 Å². The van der Waals surface area contributed by atoms with Crippen LogP contribution in [-0.2, 0) is 9.53 Å². The molecule has 3 rings (SSSR count). The third kappa shape index (κ3) is 4.06. The normalized spacial score (nSPS) is 23.9. The van der Waals surface area contributed by atoms with Gasteiger partial charge in [0.05, 0.1) is 0 Å². The van der Waals surface area contributed by atoms with Crippen molar-refractivity contribution in [3.05, 3.63) is 39.9 Å². The van der Waals surface area contributed by atoms with E-state index in [9.17, 15) is 9.59 Å².